The third kappa shape index (κ3) is 25.6. The summed E-state index contributed by atoms with van der Waals surface area (Å²) in [7, 11) is 0. The summed E-state index contributed by atoms with van der Waals surface area (Å²) in [5.41, 5.74) is -5.94. The first kappa shape index (κ1) is 98.1. The highest BCUT2D eigenvalue weighted by Gasteiger charge is 2.64. The number of carboxylic acid groups (broad SMARTS) is 3. The highest BCUT2D eigenvalue weighted by atomic mass is 35.5. The molecule has 0 spiro atoms. The summed E-state index contributed by atoms with van der Waals surface area (Å²) >= 11 is 6.39. The summed E-state index contributed by atoms with van der Waals surface area (Å²) in [6.45, 7) is 23.9. The Bertz CT molecular complexity index is 4820. The molecule has 13 rings (SSSR count). The fraction of sp³-hybridized carbons (Fsp3) is 0.670. The van der Waals surface area contributed by atoms with E-state index in [1.165, 1.54) is 29.1 Å². The maximum Gasteiger partial charge on any atom is 0.408 e. The van der Waals surface area contributed by atoms with Crippen molar-refractivity contribution in [3.8, 4) is 17.1 Å². The summed E-state index contributed by atoms with van der Waals surface area (Å²) in [5.74, 6) is -5.40. The molecular weight excluding hydrogens is 1690 g/mol. The molecule has 129 heavy (non-hydrogen) atoms. The highest BCUT2D eigenvalue weighted by Crippen LogP contribution is 2.49. The number of allylic oxidation sites excluding steroid dienone is 3. The van der Waals surface area contributed by atoms with E-state index in [4.69, 9.17) is 30.5 Å². The second-order valence-corrected chi connectivity index (χ2v) is 38.2. The molecule has 704 valence electrons. The maximum absolute atomic E-state index is 14.2. The van der Waals surface area contributed by atoms with Crippen LogP contribution in [0.15, 0.2) is 67.3 Å². The van der Waals surface area contributed by atoms with E-state index < -0.39 is 159 Å². The Hall–Kier alpha value is -11.5. The zero-order valence-electron chi connectivity index (χ0n) is 75.6. The topological polar surface area (TPSA) is 515 Å². The number of carbonyl (C=O) groups excluding carboxylic acids is 9. The van der Waals surface area contributed by atoms with Gasteiger partial charge >= 0.3 is 36.2 Å². The number of halogens is 1. The molecule has 0 radical (unpaired) electrons. The molecule has 41 heteroatoms. The summed E-state index contributed by atoms with van der Waals surface area (Å²) in [5, 5.41) is 85.4. The summed E-state index contributed by atoms with van der Waals surface area (Å²) in [6, 6.07) is -2.15. The molecule has 40 nitrogen and oxygen atoms in total. The number of carboxylic acids is 3. The van der Waals surface area contributed by atoms with Crippen molar-refractivity contribution in [2.45, 2.75) is 331 Å². The van der Waals surface area contributed by atoms with Crippen LogP contribution in [0, 0.1) is 17.8 Å². The van der Waals surface area contributed by atoms with Gasteiger partial charge in [0.15, 0.2) is 11.6 Å². The number of nitrogens with one attached hydrogen (secondary N) is 6. The zero-order chi connectivity index (χ0) is 93.5. The fourth-order valence-electron chi connectivity index (χ4n) is 17.1. The predicted octanol–water partition coefficient (Wildman–Crippen LogP) is 8.74. The number of hydrogen-bond acceptors (Lipinski definition) is 25. The van der Waals surface area contributed by atoms with Crippen LogP contribution in [0.3, 0.4) is 0 Å². The molecular formula is C88H126ClN21O19. The van der Waals surface area contributed by atoms with Gasteiger partial charge in [0.05, 0.1) is 23.1 Å². The number of ether oxygens (including phenoxy) is 4. The Morgan fingerprint density at radius 1 is 0.504 bits per heavy atom. The second-order valence-electron chi connectivity index (χ2n) is 37.8. The first-order valence-electron chi connectivity index (χ1n) is 45.1. The number of unbranched alkanes of at least 4 members (excludes halogenated alkanes) is 1. The van der Waals surface area contributed by atoms with Crippen molar-refractivity contribution in [2.24, 2.45) is 17.8 Å². The van der Waals surface area contributed by atoms with Crippen molar-refractivity contribution in [3.63, 3.8) is 0 Å². The average molecular weight is 1820 g/mol. The number of alkyl carbamates (subject to hydrolysis) is 3. The highest BCUT2D eigenvalue weighted by molar-refractivity contribution is 6.32. The van der Waals surface area contributed by atoms with Crippen molar-refractivity contribution in [1.29, 1.82) is 0 Å². The van der Waals surface area contributed by atoms with Crippen LogP contribution in [0.5, 0.6) is 5.75 Å². The minimum absolute atomic E-state index is 0.0255. The van der Waals surface area contributed by atoms with Crippen LogP contribution in [-0.2, 0) is 70.2 Å². The minimum Gasteiger partial charge on any atom is -0.488 e. The first-order chi connectivity index (χ1) is 61.2. The number of carbonyl (C=O) groups is 12. The van der Waals surface area contributed by atoms with E-state index in [2.05, 4.69) is 91.6 Å². The van der Waals surface area contributed by atoms with E-state index in [1.807, 2.05) is 43.4 Å². The van der Waals surface area contributed by atoms with Gasteiger partial charge in [-0.2, -0.15) is 14.4 Å². The molecule has 1 aromatic carbocycles. The van der Waals surface area contributed by atoms with Crippen LogP contribution in [0.2, 0.25) is 5.02 Å². The Morgan fingerprint density at radius 3 is 1.19 bits per heavy atom. The lowest BCUT2D eigenvalue weighted by Crippen LogP contribution is -2.56. The van der Waals surface area contributed by atoms with Crippen molar-refractivity contribution in [2.75, 3.05) is 26.2 Å². The minimum atomic E-state index is -1.45. The normalized spacial score (nSPS) is 28.9. The Kier molecular flexibility index (Phi) is 32.2. The van der Waals surface area contributed by atoms with E-state index in [1.54, 1.807) is 86.6 Å². The Labute approximate surface area is 754 Å². The number of nitrogens with zero attached hydrogens (tertiary/aromatic N) is 15. The number of aryl methyl sites for hydroxylation is 2. The Morgan fingerprint density at radius 2 is 0.860 bits per heavy atom. The lowest BCUT2D eigenvalue weighted by molar-refractivity contribution is -0.146. The van der Waals surface area contributed by atoms with Gasteiger partial charge in [-0.1, -0.05) is 120 Å². The molecule has 3 aromatic heterocycles. The van der Waals surface area contributed by atoms with Gasteiger partial charge in [0, 0.05) is 75.1 Å². The molecule has 3 saturated carbocycles. The summed E-state index contributed by atoms with van der Waals surface area (Å²) in [4.78, 5) is 167. The van der Waals surface area contributed by atoms with Gasteiger partial charge in [0.25, 0.3) is 0 Å². The van der Waals surface area contributed by atoms with Crippen molar-refractivity contribution in [1.82, 2.24) is 107 Å². The van der Waals surface area contributed by atoms with Gasteiger partial charge in [0.1, 0.15) is 82.0 Å². The molecule has 6 fully saturated rings. The van der Waals surface area contributed by atoms with E-state index in [0.717, 1.165) is 77.0 Å². The van der Waals surface area contributed by atoms with Gasteiger partial charge in [-0.3, -0.25) is 28.8 Å². The standard InChI is InChI=1S/C33H42ClN7O7.C28H43N7O6.C27H41N7O6/c1-5-15-47-26-14-13-20(16-23(26)34)27-37-39-41(38-27)22-17-25-28(42)36-33(30(44)45)18-21(33)11-9-7-6-8-10-12-24(29(43)40(25)19-22)35-31(46)48-32(2,3)4;1-5-6-14-22-31-33-35(32-22)19-15-21-23(36)30-28(25(38)39)16-18(28)12-10-8-7-9-11-13-20(24(37)34(21)17-19)29-26(40)41-27(2,3)4;1-5-11-21-30-32-34(31-21)18-14-20-22(35)29-27(24(37)38)15-17(27)12-9-7-6-8-10-13-19(23(36)33(20)16-18)28-25(39)40-26(2,3)4/h5,9,11,13-14,16,21-22,24-25H,1,6-8,10,12,15,17-19H2,2-4H3,(H,35,46)(H,36,42)(H,44,45);10,12,18-21H,5-9,11,13-17H2,1-4H3,(H,29,40)(H,30,36)(H,38,39);9,12,17-20H,5-8,10-11,13-16H2,1-4H3,(H,28,39)(H,29,35)(H,37,38)/b11-9-;12-10-;12-9-/t21-,22+,24-,25+,33+;18-,19+,20-,21+,28+;17-,18+,19-,20+,27+/m111/s1. The van der Waals surface area contributed by atoms with Gasteiger partial charge in [-0.15, -0.1) is 30.6 Å². The van der Waals surface area contributed by atoms with Crippen molar-refractivity contribution < 1.29 is 91.8 Å². The maximum atomic E-state index is 14.2. The van der Waals surface area contributed by atoms with Crippen LogP contribution in [0.4, 0.5) is 14.4 Å². The number of fused-ring (bicyclic) bond motifs is 6. The SMILES string of the molecule is C=CCOc1ccc(-c2nnn([C@H]3C[C@H]4C(=O)N[C@@]5(C(=O)O)C[C@H]5/C=C\CCCCC[C@@H](NC(=O)OC(C)(C)C)C(=O)N4C3)n2)cc1Cl.CCCCc1nnn([C@H]2C[C@H]3C(=O)N[C@@]4(C(=O)O)C[C@H]4/C=C\CCCCC[C@@H](NC(=O)OC(C)(C)C)C(=O)N3C2)n1.CCCc1nnn([C@H]2C[C@H]3C(=O)N[C@@]4(C(=O)O)C[C@H]4/C=C\CCCCC[C@@H](NC(=O)OC(C)(C)C)C(=O)N3C2)n1. The molecule has 9 aliphatic rings. The monoisotopic (exact) mass is 1820 g/mol. The third-order valence-electron chi connectivity index (χ3n) is 24.1. The molecule has 6 aliphatic heterocycles. The molecule has 9 amide bonds. The van der Waals surface area contributed by atoms with Gasteiger partial charge in [0.2, 0.25) is 41.3 Å². The number of benzene rings is 1. The molecule has 9 heterocycles. The Balaban J connectivity index is 0.000000188. The first-order valence-corrected chi connectivity index (χ1v) is 45.5. The number of tetrazole rings is 3. The lowest BCUT2D eigenvalue weighted by Gasteiger charge is -2.30. The van der Waals surface area contributed by atoms with Crippen LogP contribution < -0.4 is 36.6 Å². The number of hydrogen-bond donors (Lipinski definition) is 9. The van der Waals surface area contributed by atoms with E-state index >= 15 is 0 Å². The smallest absolute Gasteiger partial charge is 0.408 e. The van der Waals surface area contributed by atoms with Gasteiger partial charge < -0.3 is 80.9 Å². The van der Waals surface area contributed by atoms with Crippen LogP contribution in [-0.4, -0.2) is 258 Å². The van der Waals surface area contributed by atoms with Crippen LogP contribution >= 0.6 is 11.6 Å². The molecule has 3 saturated heterocycles. The largest absolute Gasteiger partial charge is 0.488 e. The molecule has 15 atom stereocenters. The average Bonchev–Trinajstić information content (AvgIpc) is 1.59. The van der Waals surface area contributed by atoms with E-state index in [9.17, 15) is 72.9 Å². The fourth-order valence-corrected chi connectivity index (χ4v) is 17.3. The van der Waals surface area contributed by atoms with Gasteiger partial charge in [-0.25, -0.2) is 28.8 Å². The zero-order valence-corrected chi connectivity index (χ0v) is 76.3. The summed E-state index contributed by atoms with van der Waals surface area (Å²) < 4.78 is 21.8. The van der Waals surface area contributed by atoms with Gasteiger partial charge in [-0.05, 0) is 186 Å². The third-order valence-corrected chi connectivity index (χ3v) is 24.4. The molecule has 9 N–H and O–H groups in total. The molecule has 0 unspecified atom stereocenters. The number of rotatable bonds is 18. The number of aromatic nitrogens is 12. The molecule has 3 aliphatic carbocycles. The quantitative estimate of drug-likeness (QED) is 0.0332. The van der Waals surface area contributed by atoms with E-state index in [-0.39, 0.29) is 75.5 Å². The van der Waals surface area contributed by atoms with Crippen molar-refractivity contribution in [3.05, 3.63) is 84.0 Å². The van der Waals surface area contributed by atoms with Crippen LogP contribution in [0.1, 0.15) is 260 Å². The molecule has 4 aromatic rings. The molecule has 0 bridgehead atoms. The van der Waals surface area contributed by atoms with E-state index in [0.29, 0.717) is 92.2 Å². The van der Waals surface area contributed by atoms with Crippen LogP contribution in [0.25, 0.3) is 11.4 Å². The number of amides is 9. The van der Waals surface area contributed by atoms with Crippen molar-refractivity contribution >= 4 is 83.2 Å². The number of aliphatic carboxylic acids is 3. The summed E-state index contributed by atoms with van der Waals surface area (Å²) in [6.07, 6.45) is 26.6. The second kappa shape index (κ2) is 42.4. The lowest BCUT2D eigenvalue weighted by atomic mass is 10.0. The predicted molar refractivity (Wildman–Crippen MR) is 466 cm³/mol.